The average molecular weight is 242 g/mol. The van der Waals surface area contributed by atoms with Crippen LogP contribution < -0.4 is 0 Å². The first-order valence-electron chi connectivity index (χ1n) is 5.69. The lowest BCUT2D eigenvalue weighted by Crippen LogP contribution is -2.07. The largest absolute Gasteiger partial charge is 0.393 e. The van der Waals surface area contributed by atoms with Crippen molar-refractivity contribution in [3.8, 4) is 0 Å². The maximum Gasteiger partial charge on any atom is 0.140 e. The van der Waals surface area contributed by atoms with E-state index in [-0.39, 0.29) is 13.2 Å². The SMILES string of the molecule is OCCON=C(c1ccccc1)c1ccccn1. The summed E-state index contributed by atoms with van der Waals surface area (Å²) in [5.41, 5.74) is 2.32. The summed E-state index contributed by atoms with van der Waals surface area (Å²) in [6, 6.07) is 15.3. The Morgan fingerprint density at radius 1 is 1.11 bits per heavy atom. The Labute approximate surface area is 106 Å². The number of hydrogen-bond donors (Lipinski definition) is 1. The number of aliphatic hydroxyl groups excluding tert-OH is 1. The number of oxime groups is 1. The quantitative estimate of drug-likeness (QED) is 0.494. The molecule has 18 heavy (non-hydrogen) atoms. The predicted octanol–water partition coefficient (Wildman–Crippen LogP) is 1.84. The summed E-state index contributed by atoms with van der Waals surface area (Å²) >= 11 is 0. The summed E-state index contributed by atoms with van der Waals surface area (Å²) < 4.78 is 0. The van der Waals surface area contributed by atoms with Crippen molar-refractivity contribution in [2.75, 3.05) is 13.2 Å². The third-order valence-electron chi connectivity index (χ3n) is 2.29. The summed E-state index contributed by atoms with van der Waals surface area (Å²) in [6.07, 6.45) is 1.71. The lowest BCUT2D eigenvalue weighted by atomic mass is 10.1. The van der Waals surface area contributed by atoms with Crippen LogP contribution in [0.3, 0.4) is 0 Å². The third-order valence-corrected chi connectivity index (χ3v) is 2.29. The topological polar surface area (TPSA) is 54.7 Å². The Hall–Kier alpha value is -2.20. The second kappa shape index (κ2) is 6.51. The van der Waals surface area contributed by atoms with Crippen LogP contribution in [-0.2, 0) is 4.84 Å². The molecule has 0 radical (unpaired) electrons. The predicted molar refractivity (Wildman–Crippen MR) is 69.4 cm³/mol. The molecule has 0 saturated heterocycles. The van der Waals surface area contributed by atoms with Gasteiger partial charge in [-0.15, -0.1) is 0 Å². The van der Waals surface area contributed by atoms with Crippen LogP contribution in [0.2, 0.25) is 0 Å². The fourth-order valence-electron chi connectivity index (χ4n) is 1.50. The number of hydrogen-bond acceptors (Lipinski definition) is 4. The average Bonchev–Trinajstić information content (AvgIpc) is 2.46. The van der Waals surface area contributed by atoms with Gasteiger partial charge in [-0.2, -0.15) is 0 Å². The Morgan fingerprint density at radius 2 is 1.89 bits per heavy atom. The normalized spacial score (nSPS) is 11.3. The monoisotopic (exact) mass is 242 g/mol. The second-order valence-electron chi connectivity index (χ2n) is 3.58. The van der Waals surface area contributed by atoms with Crippen molar-refractivity contribution >= 4 is 5.71 Å². The lowest BCUT2D eigenvalue weighted by Gasteiger charge is -2.05. The van der Waals surface area contributed by atoms with E-state index in [2.05, 4.69) is 10.1 Å². The van der Waals surface area contributed by atoms with Crippen molar-refractivity contribution in [3.63, 3.8) is 0 Å². The molecule has 0 spiro atoms. The highest BCUT2D eigenvalue weighted by Crippen LogP contribution is 2.08. The Balaban J connectivity index is 2.33. The van der Waals surface area contributed by atoms with E-state index in [0.717, 1.165) is 11.3 Å². The maximum atomic E-state index is 8.71. The van der Waals surface area contributed by atoms with Gasteiger partial charge in [0.1, 0.15) is 12.3 Å². The summed E-state index contributed by atoms with van der Waals surface area (Å²) in [7, 11) is 0. The summed E-state index contributed by atoms with van der Waals surface area (Å²) in [4.78, 5) is 9.31. The van der Waals surface area contributed by atoms with Crippen LogP contribution >= 0.6 is 0 Å². The molecule has 1 heterocycles. The zero-order valence-electron chi connectivity index (χ0n) is 9.86. The van der Waals surface area contributed by atoms with Crippen molar-refractivity contribution in [1.29, 1.82) is 0 Å². The molecule has 4 heteroatoms. The molecule has 0 aliphatic rings. The van der Waals surface area contributed by atoms with E-state index < -0.39 is 0 Å². The molecule has 0 atom stereocenters. The Kier molecular flexibility index (Phi) is 4.44. The van der Waals surface area contributed by atoms with E-state index in [1.807, 2.05) is 48.5 Å². The summed E-state index contributed by atoms with van der Waals surface area (Å²) in [5, 5.41) is 12.8. The van der Waals surface area contributed by atoms with Gasteiger partial charge in [0.15, 0.2) is 0 Å². The third kappa shape index (κ3) is 3.15. The van der Waals surface area contributed by atoms with Gasteiger partial charge in [0.05, 0.1) is 12.3 Å². The van der Waals surface area contributed by atoms with E-state index >= 15 is 0 Å². The first kappa shape index (κ1) is 12.3. The number of rotatable bonds is 5. The van der Waals surface area contributed by atoms with Crippen LogP contribution in [0.4, 0.5) is 0 Å². The zero-order valence-corrected chi connectivity index (χ0v) is 9.86. The van der Waals surface area contributed by atoms with Crippen molar-refractivity contribution in [1.82, 2.24) is 4.98 Å². The molecule has 2 rings (SSSR count). The molecule has 1 aromatic heterocycles. The fraction of sp³-hybridized carbons (Fsp3) is 0.143. The molecule has 1 N–H and O–H groups in total. The summed E-state index contributed by atoms with van der Waals surface area (Å²) in [5.74, 6) is 0. The molecule has 0 fully saturated rings. The van der Waals surface area contributed by atoms with Crippen LogP contribution in [0, 0.1) is 0 Å². The Morgan fingerprint density at radius 3 is 2.56 bits per heavy atom. The highest BCUT2D eigenvalue weighted by atomic mass is 16.6. The highest BCUT2D eigenvalue weighted by Gasteiger charge is 2.08. The fourth-order valence-corrected chi connectivity index (χ4v) is 1.50. The molecule has 4 nitrogen and oxygen atoms in total. The summed E-state index contributed by atoms with van der Waals surface area (Å²) in [6.45, 7) is 0.108. The first-order chi connectivity index (χ1) is 8.92. The van der Waals surface area contributed by atoms with Gasteiger partial charge in [-0.3, -0.25) is 4.98 Å². The van der Waals surface area contributed by atoms with E-state index in [9.17, 15) is 0 Å². The van der Waals surface area contributed by atoms with Crippen molar-refractivity contribution in [2.45, 2.75) is 0 Å². The van der Waals surface area contributed by atoms with Gasteiger partial charge in [-0.1, -0.05) is 41.6 Å². The molecular formula is C14H14N2O2. The number of benzene rings is 1. The minimum absolute atomic E-state index is 0.0617. The maximum absolute atomic E-state index is 8.71. The molecule has 2 aromatic rings. The molecule has 92 valence electrons. The van der Waals surface area contributed by atoms with Gasteiger partial charge >= 0.3 is 0 Å². The Bertz CT molecular complexity index is 456. The van der Waals surface area contributed by atoms with Crippen LogP contribution in [0.15, 0.2) is 59.9 Å². The van der Waals surface area contributed by atoms with Crippen LogP contribution in [0.25, 0.3) is 0 Å². The molecule has 0 amide bonds. The smallest absolute Gasteiger partial charge is 0.140 e. The van der Waals surface area contributed by atoms with Gasteiger partial charge in [-0.25, -0.2) is 0 Å². The van der Waals surface area contributed by atoms with Gasteiger partial charge < -0.3 is 9.94 Å². The molecule has 0 aliphatic carbocycles. The van der Waals surface area contributed by atoms with Crippen molar-refractivity contribution in [2.24, 2.45) is 5.16 Å². The van der Waals surface area contributed by atoms with E-state index in [4.69, 9.17) is 9.94 Å². The van der Waals surface area contributed by atoms with E-state index in [1.54, 1.807) is 6.20 Å². The van der Waals surface area contributed by atoms with Gasteiger partial charge in [-0.05, 0) is 12.1 Å². The van der Waals surface area contributed by atoms with Crippen LogP contribution in [-0.4, -0.2) is 29.0 Å². The minimum Gasteiger partial charge on any atom is -0.393 e. The molecule has 0 aliphatic heterocycles. The number of nitrogens with zero attached hydrogens (tertiary/aromatic N) is 2. The highest BCUT2D eigenvalue weighted by molar-refractivity contribution is 6.11. The van der Waals surface area contributed by atoms with Crippen LogP contribution in [0.1, 0.15) is 11.3 Å². The molecular weight excluding hydrogens is 228 g/mol. The minimum atomic E-state index is -0.0617. The number of pyridine rings is 1. The lowest BCUT2D eigenvalue weighted by molar-refractivity contribution is 0.0988. The van der Waals surface area contributed by atoms with Crippen molar-refractivity contribution in [3.05, 3.63) is 66.0 Å². The van der Waals surface area contributed by atoms with E-state index in [0.29, 0.717) is 5.71 Å². The molecule has 0 saturated carbocycles. The number of aliphatic hydroxyl groups is 1. The van der Waals surface area contributed by atoms with Gasteiger partial charge in [0.2, 0.25) is 0 Å². The molecule has 1 aromatic carbocycles. The van der Waals surface area contributed by atoms with Gasteiger partial charge in [0, 0.05) is 11.8 Å². The zero-order chi connectivity index (χ0) is 12.6. The number of aromatic nitrogens is 1. The van der Waals surface area contributed by atoms with Crippen LogP contribution in [0.5, 0.6) is 0 Å². The molecule has 0 bridgehead atoms. The van der Waals surface area contributed by atoms with E-state index in [1.165, 1.54) is 0 Å². The molecule has 0 unspecified atom stereocenters. The first-order valence-corrected chi connectivity index (χ1v) is 5.69. The standard InChI is InChI=1S/C14H14N2O2/c17-10-11-18-16-14(12-6-2-1-3-7-12)13-8-4-5-9-15-13/h1-9,17H,10-11H2. The van der Waals surface area contributed by atoms with Crippen molar-refractivity contribution < 1.29 is 9.94 Å². The van der Waals surface area contributed by atoms with Gasteiger partial charge in [0.25, 0.3) is 0 Å². The second-order valence-corrected chi connectivity index (χ2v) is 3.58.